The van der Waals surface area contributed by atoms with E-state index in [9.17, 15) is 4.79 Å². The number of rotatable bonds is 4. The van der Waals surface area contributed by atoms with Crippen LogP contribution in [0.3, 0.4) is 0 Å². The van der Waals surface area contributed by atoms with Crippen molar-refractivity contribution >= 4 is 5.91 Å². The number of carbonyl (C=O) groups is 1. The topological polar surface area (TPSA) is 46.3 Å². The zero-order valence-electron chi connectivity index (χ0n) is 9.53. The van der Waals surface area contributed by atoms with Crippen LogP contribution in [0.5, 0.6) is 0 Å². The Morgan fingerprint density at radius 2 is 2.00 bits per heavy atom. The molecule has 0 spiro atoms. The number of primary amides is 1. The van der Waals surface area contributed by atoms with Gasteiger partial charge in [0.05, 0.1) is 0 Å². The smallest absolute Gasteiger partial charge is 0.249 e. The fourth-order valence-electron chi connectivity index (χ4n) is 1.88. The predicted octanol–water partition coefficient (Wildman–Crippen LogP) is 1.80. The maximum atomic E-state index is 11.3. The summed E-state index contributed by atoms with van der Waals surface area (Å²) in [4.78, 5) is 13.4. The molecular weight excluding hydrogens is 188 g/mol. The molecule has 15 heavy (non-hydrogen) atoms. The SMILES string of the molecule is CCC(c1ccccc1C(N)=O)N(C)C. The molecule has 0 aromatic heterocycles. The van der Waals surface area contributed by atoms with Crippen molar-refractivity contribution in [2.45, 2.75) is 19.4 Å². The third-order valence-electron chi connectivity index (χ3n) is 2.60. The Hall–Kier alpha value is -1.35. The molecule has 1 atom stereocenters. The van der Waals surface area contributed by atoms with Crippen LogP contribution in [0.2, 0.25) is 0 Å². The number of benzene rings is 1. The Labute approximate surface area is 90.9 Å². The summed E-state index contributed by atoms with van der Waals surface area (Å²) in [5.41, 5.74) is 6.98. The van der Waals surface area contributed by atoms with E-state index in [2.05, 4.69) is 11.8 Å². The maximum absolute atomic E-state index is 11.3. The number of nitrogens with two attached hydrogens (primary N) is 1. The average Bonchev–Trinajstić information content (AvgIpc) is 2.18. The highest BCUT2D eigenvalue weighted by Crippen LogP contribution is 2.24. The van der Waals surface area contributed by atoms with E-state index in [-0.39, 0.29) is 11.9 Å². The zero-order valence-corrected chi connectivity index (χ0v) is 9.53. The molecule has 0 bridgehead atoms. The van der Waals surface area contributed by atoms with E-state index in [4.69, 9.17) is 5.73 Å². The number of carbonyl (C=O) groups excluding carboxylic acids is 1. The lowest BCUT2D eigenvalue weighted by Crippen LogP contribution is -2.23. The van der Waals surface area contributed by atoms with E-state index < -0.39 is 0 Å². The lowest BCUT2D eigenvalue weighted by Gasteiger charge is -2.24. The van der Waals surface area contributed by atoms with Gasteiger partial charge in [-0.05, 0) is 32.1 Å². The molecule has 2 N–H and O–H groups in total. The van der Waals surface area contributed by atoms with Crippen molar-refractivity contribution in [1.82, 2.24) is 4.90 Å². The highest BCUT2D eigenvalue weighted by molar-refractivity contribution is 5.94. The standard InChI is InChI=1S/C12H18N2O/c1-4-11(14(2)3)9-7-5-6-8-10(9)12(13)15/h5-8,11H,4H2,1-3H3,(H2,13,15). The van der Waals surface area contributed by atoms with Gasteiger partial charge in [-0.2, -0.15) is 0 Å². The van der Waals surface area contributed by atoms with Crippen LogP contribution in [0.4, 0.5) is 0 Å². The molecule has 1 rings (SSSR count). The minimum atomic E-state index is -0.356. The summed E-state index contributed by atoms with van der Waals surface area (Å²) in [7, 11) is 4.01. The molecule has 3 nitrogen and oxygen atoms in total. The first-order chi connectivity index (χ1) is 7.07. The van der Waals surface area contributed by atoms with Gasteiger partial charge in [0.1, 0.15) is 0 Å². The lowest BCUT2D eigenvalue weighted by molar-refractivity contribution is 0.0997. The van der Waals surface area contributed by atoms with Gasteiger partial charge in [0, 0.05) is 11.6 Å². The van der Waals surface area contributed by atoms with E-state index in [1.807, 2.05) is 32.3 Å². The molecular formula is C12H18N2O. The van der Waals surface area contributed by atoms with E-state index in [0.717, 1.165) is 12.0 Å². The molecule has 1 amide bonds. The Balaban J connectivity index is 3.16. The van der Waals surface area contributed by atoms with Crippen molar-refractivity contribution in [3.8, 4) is 0 Å². The zero-order chi connectivity index (χ0) is 11.4. The monoisotopic (exact) mass is 206 g/mol. The predicted molar refractivity (Wildman–Crippen MR) is 61.7 cm³/mol. The summed E-state index contributed by atoms with van der Waals surface area (Å²) < 4.78 is 0. The van der Waals surface area contributed by atoms with Crippen LogP contribution >= 0.6 is 0 Å². The molecule has 0 saturated carbocycles. The summed E-state index contributed by atoms with van der Waals surface area (Å²) in [6.45, 7) is 2.10. The number of nitrogens with zero attached hydrogens (tertiary/aromatic N) is 1. The summed E-state index contributed by atoms with van der Waals surface area (Å²) >= 11 is 0. The molecule has 0 aliphatic heterocycles. The Morgan fingerprint density at radius 3 is 2.47 bits per heavy atom. The van der Waals surface area contributed by atoms with Gasteiger partial charge in [0.25, 0.3) is 0 Å². The van der Waals surface area contributed by atoms with Gasteiger partial charge in [-0.1, -0.05) is 25.1 Å². The first-order valence-electron chi connectivity index (χ1n) is 5.13. The van der Waals surface area contributed by atoms with Crippen LogP contribution in [0.15, 0.2) is 24.3 Å². The minimum absolute atomic E-state index is 0.244. The molecule has 0 aliphatic carbocycles. The van der Waals surface area contributed by atoms with Gasteiger partial charge in [-0.15, -0.1) is 0 Å². The average molecular weight is 206 g/mol. The molecule has 82 valence electrons. The second-order valence-corrected chi connectivity index (χ2v) is 3.84. The molecule has 1 unspecified atom stereocenters. The van der Waals surface area contributed by atoms with Gasteiger partial charge in [0.15, 0.2) is 0 Å². The minimum Gasteiger partial charge on any atom is -0.366 e. The van der Waals surface area contributed by atoms with E-state index in [1.54, 1.807) is 6.07 Å². The fourth-order valence-corrected chi connectivity index (χ4v) is 1.88. The lowest BCUT2D eigenvalue weighted by atomic mass is 9.97. The van der Waals surface area contributed by atoms with Gasteiger partial charge in [-0.3, -0.25) is 4.79 Å². The van der Waals surface area contributed by atoms with Gasteiger partial charge in [-0.25, -0.2) is 0 Å². The normalized spacial score (nSPS) is 12.8. The van der Waals surface area contributed by atoms with Crippen molar-refractivity contribution in [3.63, 3.8) is 0 Å². The summed E-state index contributed by atoms with van der Waals surface area (Å²) in [5.74, 6) is -0.356. The summed E-state index contributed by atoms with van der Waals surface area (Å²) in [6.07, 6.45) is 0.956. The van der Waals surface area contributed by atoms with Gasteiger partial charge in [0.2, 0.25) is 5.91 Å². The highest BCUT2D eigenvalue weighted by Gasteiger charge is 2.17. The molecule has 0 aliphatic rings. The molecule has 3 heteroatoms. The van der Waals surface area contributed by atoms with Crippen molar-refractivity contribution in [2.24, 2.45) is 5.73 Å². The molecule has 0 radical (unpaired) electrons. The molecule has 0 fully saturated rings. The number of amides is 1. The van der Waals surface area contributed by atoms with E-state index in [0.29, 0.717) is 5.56 Å². The van der Waals surface area contributed by atoms with Crippen LogP contribution in [0, 0.1) is 0 Å². The quantitative estimate of drug-likeness (QED) is 0.816. The van der Waals surface area contributed by atoms with Crippen molar-refractivity contribution in [1.29, 1.82) is 0 Å². The van der Waals surface area contributed by atoms with Gasteiger partial charge >= 0.3 is 0 Å². The Kier molecular flexibility index (Phi) is 3.86. The Morgan fingerprint density at radius 1 is 1.40 bits per heavy atom. The van der Waals surface area contributed by atoms with Crippen molar-refractivity contribution in [3.05, 3.63) is 35.4 Å². The molecule has 0 heterocycles. The molecule has 1 aromatic carbocycles. The summed E-state index contributed by atoms with van der Waals surface area (Å²) in [5, 5.41) is 0. The first kappa shape index (κ1) is 11.7. The second-order valence-electron chi connectivity index (χ2n) is 3.84. The number of hydrogen-bond donors (Lipinski definition) is 1. The third-order valence-corrected chi connectivity index (χ3v) is 2.60. The maximum Gasteiger partial charge on any atom is 0.249 e. The van der Waals surface area contributed by atoms with Crippen LogP contribution in [0.1, 0.15) is 35.3 Å². The van der Waals surface area contributed by atoms with E-state index in [1.165, 1.54) is 0 Å². The first-order valence-corrected chi connectivity index (χ1v) is 5.13. The van der Waals surface area contributed by atoms with Crippen LogP contribution in [-0.2, 0) is 0 Å². The van der Waals surface area contributed by atoms with Gasteiger partial charge < -0.3 is 10.6 Å². The van der Waals surface area contributed by atoms with Crippen LogP contribution in [-0.4, -0.2) is 24.9 Å². The van der Waals surface area contributed by atoms with Crippen molar-refractivity contribution in [2.75, 3.05) is 14.1 Å². The van der Waals surface area contributed by atoms with E-state index >= 15 is 0 Å². The second kappa shape index (κ2) is 4.94. The highest BCUT2D eigenvalue weighted by atomic mass is 16.1. The summed E-state index contributed by atoms with van der Waals surface area (Å²) in [6, 6.07) is 7.77. The van der Waals surface area contributed by atoms with Crippen LogP contribution < -0.4 is 5.73 Å². The number of hydrogen-bond acceptors (Lipinski definition) is 2. The van der Waals surface area contributed by atoms with Crippen molar-refractivity contribution < 1.29 is 4.79 Å². The largest absolute Gasteiger partial charge is 0.366 e. The fraction of sp³-hybridized carbons (Fsp3) is 0.417. The van der Waals surface area contributed by atoms with Crippen LogP contribution in [0.25, 0.3) is 0 Å². The third kappa shape index (κ3) is 2.57. The Bertz CT molecular complexity index is 347. The molecule has 0 saturated heterocycles. The molecule has 1 aromatic rings.